The lowest BCUT2D eigenvalue weighted by Crippen LogP contribution is -2.48. The zero-order valence-corrected chi connectivity index (χ0v) is 18.8. The van der Waals surface area contributed by atoms with E-state index in [2.05, 4.69) is 67.3 Å². The normalized spacial score (nSPS) is 15.5. The molecule has 0 saturated carbocycles. The van der Waals surface area contributed by atoms with Crippen LogP contribution >= 0.6 is 0 Å². The second-order valence-corrected chi connectivity index (χ2v) is 8.42. The lowest BCUT2D eigenvalue weighted by molar-refractivity contribution is 0.209. The molecule has 34 heavy (non-hydrogen) atoms. The highest BCUT2D eigenvalue weighted by Crippen LogP contribution is 2.30. The maximum atomic E-state index is 4.69. The lowest BCUT2D eigenvalue weighted by Gasteiger charge is -2.39. The molecule has 5 aromatic rings. The first kappa shape index (κ1) is 20.5. The summed E-state index contributed by atoms with van der Waals surface area (Å²) >= 11 is 0. The molecule has 0 radical (unpaired) electrons. The van der Waals surface area contributed by atoms with Crippen LogP contribution in [0.1, 0.15) is 17.3 Å². The second-order valence-electron chi connectivity index (χ2n) is 8.42. The molecule has 0 spiro atoms. The molecule has 0 bridgehead atoms. The molecule has 3 aromatic heterocycles. The van der Waals surface area contributed by atoms with E-state index in [4.69, 9.17) is 4.98 Å². The molecule has 4 heterocycles. The smallest absolute Gasteiger partial charge is 0.168 e. The van der Waals surface area contributed by atoms with E-state index in [0.717, 1.165) is 54.4 Å². The van der Waals surface area contributed by atoms with Crippen molar-refractivity contribution in [2.75, 3.05) is 31.1 Å². The van der Waals surface area contributed by atoms with Crippen molar-refractivity contribution >= 4 is 16.9 Å². The largest absolute Gasteiger partial charge is 0.353 e. The van der Waals surface area contributed by atoms with Crippen LogP contribution in [-0.2, 0) is 0 Å². The van der Waals surface area contributed by atoms with Gasteiger partial charge in [-0.05, 0) is 29.8 Å². The Balaban J connectivity index is 1.27. The summed E-state index contributed by atoms with van der Waals surface area (Å²) in [5.74, 6) is 0.945. The van der Waals surface area contributed by atoms with E-state index < -0.39 is 0 Å². The Morgan fingerprint density at radius 3 is 2.18 bits per heavy atom. The standard InChI is InChI=1S/C27H25N7/c1-3-9-21(10-4-1)25(24-13-7-8-14-28-24)32-15-17-33(18-16-32)26-23-19-31-34(27(23)30-20-29-26)22-11-5-2-6-12-22/h1-14,19-20,25H,15-18H2. The van der Waals surface area contributed by atoms with Crippen molar-refractivity contribution < 1.29 is 0 Å². The van der Waals surface area contributed by atoms with Crippen LogP contribution in [0.3, 0.4) is 0 Å². The first-order valence-corrected chi connectivity index (χ1v) is 11.6. The summed E-state index contributed by atoms with van der Waals surface area (Å²) in [5, 5.41) is 5.59. The van der Waals surface area contributed by atoms with Crippen LogP contribution in [0.4, 0.5) is 5.82 Å². The number of para-hydroxylation sites is 1. The third-order valence-corrected chi connectivity index (χ3v) is 6.41. The number of rotatable bonds is 5. The molecule has 1 fully saturated rings. The van der Waals surface area contributed by atoms with Gasteiger partial charge in [-0.15, -0.1) is 0 Å². The molecule has 1 aliphatic rings. The lowest BCUT2D eigenvalue weighted by atomic mass is 10.0. The van der Waals surface area contributed by atoms with Crippen LogP contribution in [-0.4, -0.2) is 55.8 Å². The monoisotopic (exact) mass is 447 g/mol. The van der Waals surface area contributed by atoms with Gasteiger partial charge in [0, 0.05) is 32.4 Å². The molecule has 1 saturated heterocycles. The van der Waals surface area contributed by atoms with Crippen molar-refractivity contribution in [1.29, 1.82) is 0 Å². The molecule has 1 aliphatic heterocycles. The molecule has 0 amide bonds. The van der Waals surface area contributed by atoms with Gasteiger partial charge in [0.05, 0.1) is 29.0 Å². The molecule has 7 nitrogen and oxygen atoms in total. The van der Waals surface area contributed by atoms with E-state index in [1.807, 2.05) is 53.5 Å². The van der Waals surface area contributed by atoms with E-state index in [9.17, 15) is 0 Å². The summed E-state index contributed by atoms with van der Waals surface area (Å²) in [6.07, 6.45) is 5.40. The maximum Gasteiger partial charge on any atom is 0.168 e. The van der Waals surface area contributed by atoms with Crippen LogP contribution in [0, 0.1) is 0 Å². The third-order valence-electron chi connectivity index (χ3n) is 6.41. The number of benzene rings is 2. The van der Waals surface area contributed by atoms with E-state index in [1.165, 1.54) is 5.56 Å². The number of nitrogens with zero attached hydrogens (tertiary/aromatic N) is 7. The molecule has 0 N–H and O–H groups in total. The summed E-state index contributed by atoms with van der Waals surface area (Å²) in [6.45, 7) is 3.57. The van der Waals surface area contributed by atoms with Crippen LogP contribution in [0.2, 0.25) is 0 Å². The molecule has 1 unspecified atom stereocenters. The Bertz CT molecular complexity index is 1320. The van der Waals surface area contributed by atoms with Crippen molar-refractivity contribution in [3.8, 4) is 5.69 Å². The van der Waals surface area contributed by atoms with E-state index >= 15 is 0 Å². The number of aromatic nitrogens is 5. The molecule has 6 rings (SSSR count). The molecule has 1 atom stereocenters. The van der Waals surface area contributed by atoms with Gasteiger partial charge in [-0.1, -0.05) is 54.6 Å². The highest BCUT2D eigenvalue weighted by molar-refractivity contribution is 5.87. The zero-order valence-electron chi connectivity index (χ0n) is 18.8. The fraction of sp³-hybridized carbons (Fsp3) is 0.185. The molecular weight excluding hydrogens is 422 g/mol. The number of anilines is 1. The van der Waals surface area contributed by atoms with Gasteiger partial charge in [-0.3, -0.25) is 9.88 Å². The number of hydrogen-bond donors (Lipinski definition) is 0. The maximum absolute atomic E-state index is 4.69. The Kier molecular flexibility index (Phi) is 5.45. The van der Waals surface area contributed by atoms with Crippen molar-refractivity contribution in [3.05, 3.63) is 109 Å². The minimum atomic E-state index is 0.135. The number of piperazine rings is 1. The first-order valence-electron chi connectivity index (χ1n) is 11.6. The predicted molar refractivity (Wildman–Crippen MR) is 133 cm³/mol. The summed E-state index contributed by atoms with van der Waals surface area (Å²) in [7, 11) is 0. The SMILES string of the molecule is c1ccc(C(c2ccccn2)N2CCN(c3ncnc4c3cnn4-c3ccccc3)CC2)cc1. The third kappa shape index (κ3) is 3.80. The van der Waals surface area contributed by atoms with Crippen LogP contribution < -0.4 is 4.90 Å². The van der Waals surface area contributed by atoms with Gasteiger partial charge in [-0.2, -0.15) is 5.10 Å². The van der Waals surface area contributed by atoms with Crippen LogP contribution in [0.15, 0.2) is 97.6 Å². The summed E-state index contributed by atoms with van der Waals surface area (Å²) < 4.78 is 1.88. The molecule has 2 aromatic carbocycles. The Morgan fingerprint density at radius 2 is 1.44 bits per heavy atom. The quantitative estimate of drug-likeness (QED) is 0.404. The number of hydrogen-bond acceptors (Lipinski definition) is 6. The van der Waals surface area contributed by atoms with Crippen molar-refractivity contribution in [3.63, 3.8) is 0 Å². The fourth-order valence-corrected chi connectivity index (χ4v) is 4.78. The minimum absolute atomic E-state index is 0.135. The topological polar surface area (TPSA) is 63.0 Å². The molecule has 168 valence electrons. The Morgan fingerprint density at radius 1 is 0.706 bits per heavy atom. The average Bonchev–Trinajstić information content (AvgIpc) is 3.36. The zero-order chi connectivity index (χ0) is 22.7. The van der Waals surface area contributed by atoms with Gasteiger partial charge in [0.25, 0.3) is 0 Å². The Labute approximate surface area is 198 Å². The second kappa shape index (κ2) is 9.03. The minimum Gasteiger partial charge on any atom is -0.353 e. The fourth-order valence-electron chi connectivity index (χ4n) is 4.78. The highest BCUT2D eigenvalue weighted by Gasteiger charge is 2.28. The van der Waals surface area contributed by atoms with Crippen molar-refractivity contribution in [1.82, 2.24) is 29.6 Å². The Hall–Kier alpha value is -4.10. The number of pyridine rings is 1. The van der Waals surface area contributed by atoms with Gasteiger partial charge in [0.15, 0.2) is 5.65 Å². The predicted octanol–water partition coefficient (Wildman–Crippen LogP) is 4.12. The molecule has 7 heteroatoms. The van der Waals surface area contributed by atoms with Gasteiger partial charge < -0.3 is 4.90 Å². The van der Waals surface area contributed by atoms with Crippen LogP contribution in [0.5, 0.6) is 0 Å². The van der Waals surface area contributed by atoms with E-state index in [0.29, 0.717) is 0 Å². The summed E-state index contributed by atoms with van der Waals surface area (Å²) in [5.41, 5.74) is 4.17. The van der Waals surface area contributed by atoms with Gasteiger partial charge in [0.1, 0.15) is 12.1 Å². The molecular formula is C27H25N7. The van der Waals surface area contributed by atoms with Crippen molar-refractivity contribution in [2.45, 2.75) is 6.04 Å². The first-order chi connectivity index (χ1) is 16.9. The average molecular weight is 448 g/mol. The van der Waals surface area contributed by atoms with Gasteiger partial charge >= 0.3 is 0 Å². The van der Waals surface area contributed by atoms with Gasteiger partial charge in [-0.25, -0.2) is 14.6 Å². The summed E-state index contributed by atoms with van der Waals surface area (Å²) in [4.78, 5) is 18.7. The van der Waals surface area contributed by atoms with Crippen molar-refractivity contribution in [2.24, 2.45) is 0 Å². The van der Waals surface area contributed by atoms with Crippen LogP contribution in [0.25, 0.3) is 16.7 Å². The highest BCUT2D eigenvalue weighted by atomic mass is 15.3. The van der Waals surface area contributed by atoms with Gasteiger partial charge in [0.2, 0.25) is 0 Å². The molecule has 0 aliphatic carbocycles. The summed E-state index contributed by atoms with van der Waals surface area (Å²) in [6, 6.07) is 27.0. The van der Waals surface area contributed by atoms with E-state index in [-0.39, 0.29) is 6.04 Å². The number of fused-ring (bicyclic) bond motifs is 1. The van der Waals surface area contributed by atoms with E-state index in [1.54, 1.807) is 6.33 Å².